The molecule has 0 aliphatic rings. The fraction of sp³-hybridized carbons (Fsp3) is 0.0333. The molecule has 5 aromatic carbocycles. The highest BCUT2D eigenvalue weighted by Crippen LogP contribution is 2.29. The number of nitrogens with zero attached hydrogens (tertiary/aromatic N) is 1. The van der Waals surface area contributed by atoms with Crippen molar-refractivity contribution in [3.05, 3.63) is 124 Å². The highest BCUT2D eigenvalue weighted by atomic mass is 35.5. The molecule has 0 aromatic heterocycles. The number of rotatable bonds is 6. The number of amides is 1. The topological polar surface area (TPSA) is 67.8 Å². The second kappa shape index (κ2) is 10.8. The minimum Gasteiger partial charge on any atom is -0.422 e. The van der Waals surface area contributed by atoms with Crippen LogP contribution in [0.25, 0.3) is 21.5 Å². The average Bonchev–Trinajstić information content (AvgIpc) is 2.90. The number of carbonyl (C=O) groups excluding carboxylic acids is 2. The Kier molecular flexibility index (Phi) is 7.17. The van der Waals surface area contributed by atoms with Crippen LogP contribution in [0.3, 0.4) is 0 Å². The van der Waals surface area contributed by atoms with Crippen molar-refractivity contribution < 1.29 is 14.3 Å². The number of nitrogens with one attached hydrogen (secondary N) is 1. The van der Waals surface area contributed by atoms with Gasteiger partial charge in [-0.3, -0.25) is 4.79 Å². The van der Waals surface area contributed by atoms with E-state index in [1.54, 1.807) is 12.1 Å². The lowest BCUT2D eigenvalue weighted by molar-refractivity contribution is -0.120. The molecule has 0 heterocycles. The molecule has 0 atom stereocenters. The van der Waals surface area contributed by atoms with Gasteiger partial charge in [-0.05, 0) is 51.4 Å². The van der Waals surface area contributed by atoms with Gasteiger partial charge in [-0.25, -0.2) is 10.2 Å². The first-order valence-corrected chi connectivity index (χ1v) is 12.2. The van der Waals surface area contributed by atoms with Crippen LogP contribution in [0.2, 0.25) is 10.0 Å². The summed E-state index contributed by atoms with van der Waals surface area (Å²) in [6.45, 7) is 0. The van der Waals surface area contributed by atoms with Crippen LogP contribution in [0.4, 0.5) is 0 Å². The van der Waals surface area contributed by atoms with Gasteiger partial charge in [0.2, 0.25) is 5.91 Å². The van der Waals surface area contributed by atoms with E-state index >= 15 is 0 Å². The van der Waals surface area contributed by atoms with Crippen molar-refractivity contribution in [1.29, 1.82) is 0 Å². The number of hydrazone groups is 1. The standard InChI is InChI=1S/C30H20Cl2N2O3/c31-22-13-14-25(27(32)17-22)30(36)37-28-15-12-20-7-2-4-11-24(20)26(28)18-33-34-29(35)16-21-9-5-8-19-6-1-3-10-23(19)21/h1-15,17-18H,16H2,(H,34,35)/b33-18-. The average molecular weight is 527 g/mol. The Morgan fingerprint density at radius 3 is 2.30 bits per heavy atom. The molecule has 5 rings (SSSR count). The molecular formula is C30H20Cl2N2O3. The lowest BCUT2D eigenvalue weighted by atomic mass is 10.0. The van der Waals surface area contributed by atoms with E-state index in [9.17, 15) is 9.59 Å². The van der Waals surface area contributed by atoms with E-state index in [1.165, 1.54) is 18.3 Å². The Bertz CT molecular complexity index is 1680. The van der Waals surface area contributed by atoms with Gasteiger partial charge in [-0.15, -0.1) is 0 Å². The van der Waals surface area contributed by atoms with E-state index in [0.29, 0.717) is 10.6 Å². The predicted molar refractivity (Wildman–Crippen MR) is 149 cm³/mol. The number of benzene rings is 5. The molecule has 0 bridgehead atoms. The van der Waals surface area contributed by atoms with Gasteiger partial charge in [0.25, 0.3) is 0 Å². The number of hydrogen-bond acceptors (Lipinski definition) is 4. The minimum atomic E-state index is -0.633. The molecule has 0 unspecified atom stereocenters. The molecule has 0 saturated heterocycles. The highest BCUT2D eigenvalue weighted by Gasteiger charge is 2.16. The molecule has 7 heteroatoms. The van der Waals surface area contributed by atoms with Gasteiger partial charge in [0.15, 0.2) is 0 Å². The Hall–Kier alpha value is -4.19. The number of ether oxygens (including phenoxy) is 1. The van der Waals surface area contributed by atoms with Gasteiger partial charge in [0, 0.05) is 10.6 Å². The van der Waals surface area contributed by atoms with Crippen molar-refractivity contribution in [2.24, 2.45) is 5.10 Å². The molecule has 0 aliphatic carbocycles. The number of halogens is 2. The number of fused-ring (bicyclic) bond motifs is 2. The van der Waals surface area contributed by atoms with Crippen LogP contribution in [0.5, 0.6) is 5.75 Å². The minimum absolute atomic E-state index is 0.172. The molecular weight excluding hydrogens is 507 g/mol. The fourth-order valence-electron chi connectivity index (χ4n) is 4.14. The van der Waals surface area contributed by atoms with Crippen LogP contribution in [0.1, 0.15) is 21.5 Å². The molecule has 0 saturated carbocycles. The Labute approximate surface area is 223 Å². The van der Waals surface area contributed by atoms with E-state index in [2.05, 4.69) is 10.5 Å². The van der Waals surface area contributed by atoms with Crippen molar-refractivity contribution in [2.75, 3.05) is 0 Å². The van der Waals surface area contributed by atoms with Gasteiger partial charge in [-0.1, -0.05) is 96.0 Å². The molecule has 37 heavy (non-hydrogen) atoms. The molecule has 1 amide bonds. The second-order valence-electron chi connectivity index (χ2n) is 8.32. The summed E-state index contributed by atoms with van der Waals surface area (Å²) in [5, 5.41) is 8.61. The monoisotopic (exact) mass is 526 g/mol. The highest BCUT2D eigenvalue weighted by molar-refractivity contribution is 6.36. The zero-order valence-electron chi connectivity index (χ0n) is 19.4. The zero-order chi connectivity index (χ0) is 25.8. The first-order valence-electron chi connectivity index (χ1n) is 11.5. The molecule has 5 aromatic rings. The van der Waals surface area contributed by atoms with Crippen LogP contribution < -0.4 is 10.2 Å². The predicted octanol–water partition coefficient (Wildman–Crippen LogP) is 7.21. The normalized spacial score (nSPS) is 11.2. The Balaban J connectivity index is 1.39. The lowest BCUT2D eigenvalue weighted by Crippen LogP contribution is -2.20. The van der Waals surface area contributed by atoms with E-state index in [4.69, 9.17) is 27.9 Å². The quantitative estimate of drug-likeness (QED) is 0.110. The van der Waals surface area contributed by atoms with Crippen LogP contribution in [0.15, 0.2) is 102 Å². The SMILES string of the molecule is O=C(Cc1cccc2ccccc12)N/N=C\c1c(OC(=O)c2ccc(Cl)cc2Cl)ccc2ccccc12. The molecule has 0 fully saturated rings. The van der Waals surface area contributed by atoms with Gasteiger partial charge in [0.05, 0.1) is 23.2 Å². The molecule has 0 aliphatic heterocycles. The van der Waals surface area contributed by atoms with Crippen molar-refractivity contribution in [1.82, 2.24) is 5.43 Å². The van der Waals surface area contributed by atoms with Crippen LogP contribution >= 0.6 is 23.2 Å². The van der Waals surface area contributed by atoms with E-state index in [0.717, 1.165) is 27.1 Å². The van der Waals surface area contributed by atoms with Crippen LogP contribution in [-0.4, -0.2) is 18.1 Å². The molecule has 182 valence electrons. The van der Waals surface area contributed by atoms with Crippen LogP contribution in [-0.2, 0) is 11.2 Å². The summed E-state index contributed by atoms with van der Waals surface area (Å²) >= 11 is 12.1. The molecule has 1 N–H and O–H groups in total. The van der Waals surface area contributed by atoms with Crippen molar-refractivity contribution in [2.45, 2.75) is 6.42 Å². The van der Waals surface area contributed by atoms with E-state index in [-0.39, 0.29) is 28.7 Å². The zero-order valence-corrected chi connectivity index (χ0v) is 21.0. The molecule has 5 nitrogen and oxygen atoms in total. The van der Waals surface area contributed by atoms with Crippen molar-refractivity contribution >= 4 is 62.8 Å². The van der Waals surface area contributed by atoms with Crippen molar-refractivity contribution in [3.8, 4) is 5.75 Å². The van der Waals surface area contributed by atoms with Gasteiger partial charge < -0.3 is 4.74 Å². The van der Waals surface area contributed by atoms with Crippen LogP contribution in [0, 0.1) is 0 Å². The number of hydrogen-bond donors (Lipinski definition) is 1. The van der Waals surface area contributed by atoms with Gasteiger partial charge in [-0.2, -0.15) is 5.10 Å². The Morgan fingerprint density at radius 2 is 1.51 bits per heavy atom. The van der Waals surface area contributed by atoms with E-state index in [1.807, 2.05) is 72.8 Å². The third-order valence-electron chi connectivity index (χ3n) is 5.90. The lowest BCUT2D eigenvalue weighted by Gasteiger charge is -2.11. The van der Waals surface area contributed by atoms with Crippen molar-refractivity contribution in [3.63, 3.8) is 0 Å². The summed E-state index contributed by atoms with van der Waals surface area (Å²) in [6.07, 6.45) is 1.65. The summed E-state index contributed by atoms with van der Waals surface area (Å²) in [5.41, 5.74) is 4.23. The van der Waals surface area contributed by atoms with Gasteiger partial charge >= 0.3 is 5.97 Å². The summed E-state index contributed by atoms with van der Waals surface area (Å²) in [5.74, 6) is -0.618. The summed E-state index contributed by atoms with van der Waals surface area (Å²) in [4.78, 5) is 25.5. The second-order valence-corrected chi connectivity index (χ2v) is 9.16. The summed E-state index contributed by atoms with van der Waals surface area (Å²) < 4.78 is 5.69. The molecule has 0 spiro atoms. The maximum atomic E-state index is 12.9. The fourth-order valence-corrected chi connectivity index (χ4v) is 4.62. The maximum Gasteiger partial charge on any atom is 0.345 e. The number of carbonyl (C=O) groups is 2. The largest absolute Gasteiger partial charge is 0.422 e. The van der Waals surface area contributed by atoms with E-state index < -0.39 is 5.97 Å². The number of esters is 1. The first kappa shape index (κ1) is 24.5. The smallest absolute Gasteiger partial charge is 0.345 e. The molecule has 0 radical (unpaired) electrons. The third-order valence-corrected chi connectivity index (χ3v) is 6.45. The Morgan fingerprint density at radius 1 is 0.811 bits per heavy atom. The third kappa shape index (κ3) is 5.48. The summed E-state index contributed by atoms with van der Waals surface area (Å²) in [6, 6.07) is 29.5. The summed E-state index contributed by atoms with van der Waals surface area (Å²) in [7, 11) is 0. The maximum absolute atomic E-state index is 12.9. The van der Waals surface area contributed by atoms with Gasteiger partial charge in [0.1, 0.15) is 5.75 Å². The first-order chi connectivity index (χ1) is 18.0.